The van der Waals surface area contributed by atoms with E-state index in [-0.39, 0.29) is 21.9 Å². The first-order valence-corrected chi connectivity index (χ1v) is 6.49. The zero-order valence-electron chi connectivity index (χ0n) is 9.57. The maximum absolute atomic E-state index is 10.8. The molecule has 4 nitrogen and oxygen atoms in total. The van der Waals surface area contributed by atoms with Crippen LogP contribution in [0.2, 0.25) is 5.02 Å². The average molecular weight is 323 g/mol. The Hall–Kier alpha value is -0.810. The zero-order chi connectivity index (χ0) is 13.1. The number of halogens is 2. The van der Waals surface area contributed by atoms with Crippen LogP contribution in [-0.2, 0) is 0 Å². The van der Waals surface area contributed by atoms with E-state index in [1.807, 2.05) is 13.8 Å². The Morgan fingerprint density at radius 2 is 2.18 bits per heavy atom. The molecule has 1 rings (SSSR count). The van der Waals surface area contributed by atoms with E-state index in [2.05, 4.69) is 15.9 Å². The second-order valence-electron chi connectivity index (χ2n) is 4.43. The summed E-state index contributed by atoms with van der Waals surface area (Å²) in [7, 11) is 0. The van der Waals surface area contributed by atoms with Gasteiger partial charge in [-0.1, -0.05) is 47.4 Å². The highest BCUT2D eigenvalue weighted by Crippen LogP contribution is 2.35. The normalized spacial score (nSPS) is 11.3. The highest BCUT2D eigenvalue weighted by molar-refractivity contribution is 9.09. The lowest BCUT2D eigenvalue weighted by atomic mass is 9.98. The van der Waals surface area contributed by atoms with E-state index < -0.39 is 4.92 Å². The second-order valence-corrected chi connectivity index (χ2v) is 5.40. The molecule has 0 aliphatic heterocycles. The summed E-state index contributed by atoms with van der Waals surface area (Å²) in [6.07, 6.45) is 0. The second kappa shape index (κ2) is 5.69. The molecule has 0 amide bonds. The van der Waals surface area contributed by atoms with E-state index >= 15 is 0 Å². The van der Waals surface area contributed by atoms with Crippen molar-refractivity contribution in [3.05, 3.63) is 33.3 Å². The number of hydrogen-bond donors (Lipinski definition) is 0. The van der Waals surface area contributed by atoms with Crippen LogP contribution in [0.4, 0.5) is 5.69 Å². The van der Waals surface area contributed by atoms with Crippen molar-refractivity contribution in [2.24, 2.45) is 5.41 Å². The van der Waals surface area contributed by atoms with Crippen molar-refractivity contribution in [3.63, 3.8) is 0 Å². The van der Waals surface area contributed by atoms with Gasteiger partial charge in [0.05, 0.1) is 16.6 Å². The lowest BCUT2D eigenvalue weighted by Crippen LogP contribution is -2.23. The molecule has 0 heterocycles. The van der Waals surface area contributed by atoms with Gasteiger partial charge in [0.25, 0.3) is 0 Å². The van der Waals surface area contributed by atoms with Gasteiger partial charge in [-0.25, -0.2) is 0 Å². The molecule has 1 aromatic rings. The molecule has 0 saturated heterocycles. The van der Waals surface area contributed by atoms with Crippen molar-refractivity contribution < 1.29 is 9.66 Å². The van der Waals surface area contributed by atoms with E-state index in [9.17, 15) is 10.1 Å². The molecule has 0 radical (unpaired) electrons. The third-order valence-corrected chi connectivity index (χ3v) is 3.93. The topological polar surface area (TPSA) is 52.4 Å². The summed E-state index contributed by atoms with van der Waals surface area (Å²) < 4.78 is 5.48. The summed E-state index contributed by atoms with van der Waals surface area (Å²) in [5.41, 5.74) is -0.226. The van der Waals surface area contributed by atoms with Crippen LogP contribution in [0, 0.1) is 15.5 Å². The van der Waals surface area contributed by atoms with Crippen molar-refractivity contribution in [1.82, 2.24) is 0 Å². The van der Waals surface area contributed by atoms with Crippen molar-refractivity contribution in [3.8, 4) is 5.75 Å². The molecular formula is C11H13BrClNO3. The summed E-state index contributed by atoms with van der Waals surface area (Å²) in [5, 5.41) is 11.8. The molecule has 0 N–H and O–H groups in total. The smallest absolute Gasteiger partial charge is 0.312 e. The molecule has 17 heavy (non-hydrogen) atoms. The number of alkyl halides is 1. The van der Waals surface area contributed by atoms with Crippen LogP contribution in [0.3, 0.4) is 0 Å². The van der Waals surface area contributed by atoms with Crippen LogP contribution in [-0.4, -0.2) is 16.9 Å². The predicted molar refractivity (Wildman–Crippen MR) is 71.2 cm³/mol. The summed E-state index contributed by atoms with van der Waals surface area (Å²) in [4.78, 5) is 10.3. The van der Waals surface area contributed by atoms with Gasteiger partial charge < -0.3 is 4.74 Å². The van der Waals surface area contributed by atoms with Crippen molar-refractivity contribution in [2.45, 2.75) is 13.8 Å². The van der Waals surface area contributed by atoms with Crippen LogP contribution in [0.1, 0.15) is 13.8 Å². The lowest BCUT2D eigenvalue weighted by Gasteiger charge is -2.21. The first-order chi connectivity index (χ1) is 7.87. The fourth-order valence-corrected chi connectivity index (χ4v) is 1.48. The van der Waals surface area contributed by atoms with Crippen molar-refractivity contribution in [1.29, 1.82) is 0 Å². The van der Waals surface area contributed by atoms with Crippen molar-refractivity contribution >= 4 is 33.2 Å². The highest BCUT2D eigenvalue weighted by Gasteiger charge is 2.22. The first-order valence-electron chi connectivity index (χ1n) is 4.99. The standard InChI is InChI=1S/C11H13BrClNO3/c1-11(2,6-12)7-17-10-8(13)4-3-5-9(10)14(15)16/h3-5H,6-7H2,1-2H3. The third-order valence-electron chi connectivity index (χ3n) is 2.11. The molecule has 6 heteroatoms. The molecule has 0 aliphatic rings. The minimum absolute atomic E-state index is 0.108. The summed E-state index contributed by atoms with van der Waals surface area (Å²) in [6.45, 7) is 4.33. The molecule has 0 aliphatic carbocycles. The number of nitro groups is 1. The van der Waals surface area contributed by atoms with Crippen LogP contribution in [0.5, 0.6) is 5.75 Å². The van der Waals surface area contributed by atoms with Gasteiger partial charge in [0, 0.05) is 16.8 Å². The number of ether oxygens (including phenoxy) is 1. The minimum Gasteiger partial charge on any atom is -0.485 e. The number of hydrogen-bond acceptors (Lipinski definition) is 3. The molecule has 94 valence electrons. The predicted octanol–water partition coefficient (Wildman–Crippen LogP) is 4.05. The van der Waals surface area contributed by atoms with Gasteiger partial charge in [0.2, 0.25) is 5.75 Å². The van der Waals surface area contributed by atoms with Crippen LogP contribution in [0.25, 0.3) is 0 Å². The Labute approximate surface area is 113 Å². The van der Waals surface area contributed by atoms with Crippen LogP contribution < -0.4 is 4.74 Å². The summed E-state index contributed by atoms with van der Waals surface area (Å²) in [5.74, 6) is 0.133. The van der Waals surface area contributed by atoms with E-state index in [0.717, 1.165) is 5.33 Å². The monoisotopic (exact) mass is 321 g/mol. The van der Waals surface area contributed by atoms with E-state index in [1.54, 1.807) is 6.07 Å². The quantitative estimate of drug-likeness (QED) is 0.467. The molecule has 0 bridgehead atoms. The number of para-hydroxylation sites is 1. The molecule has 0 atom stereocenters. The summed E-state index contributed by atoms with van der Waals surface area (Å²) >= 11 is 9.27. The maximum atomic E-state index is 10.8. The Bertz CT molecular complexity index is 423. The van der Waals surface area contributed by atoms with Crippen LogP contribution in [0.15, 0.2) is 18.2 Å². The van der Waals surface area contributed by atoms with Gasteiger partial charge in [0.1, 0.15) is 0 Å². The van der Waals surface area contributed by atoms with Gasteiger partial charge in [-0.2, -0.15) is 0 Å². The average Bonchev–Trinajstić information content (AvgIpc) is 2.27. The van der Waals surface area contributed by atoms with Gasteiger partial charge in [0.15, 0.2) is 0 Å². The first kappa shape index (κ1) is 14.3. The zero-order valence-corrected chi connectivity index (χ0v) is 11.9. The molecule has 0 aromatic heterocycles. The minimum atomic E-state index is -0.498. The number of benzene rings is 1. The Balaban J connectivity index is 2.94. The molecule has 1 aromatic carbocycles. The van der Waals surface area contributed by atoms with Crippen molar-refractivity contribution in [2.75, 3.05) is 11.9 Å². The van der Waals surface area contributed by atoms with Crippen LogP contribution >= 0.6 is 27.5 Å². The Morgan fingerprint density at radius 3 is 2.71 bits per heavy atom. The molecule has 0 saturated carbocycles. The van der Waals surface area contributed by atoms with E-state index in [4.69, 9.17) is 16.3 Å². The highest BCUT2D eigenvalue weighted by atomic mass is 79.9. The van der Waals surface area contributed by atoms with Gasteiger partial charge >= 0.3 is 5.69 Å². The fraction of sp³-hybridized carbons (Fsp3) is 0.455. The number of nitro benzene ring substituents is 1. The molecule has 0 unspecified atom stereocenters. The number of nitrogens with zero attached hydrogens (tertiary/aromatic N) is 1. The SMILES string of the molecule is CC(C)(CBr)COc1c(Cl)cccc1[N+](=O)[O-]. The Kier molecular flexibility index (Phi) is 4.77. The van der Waals surface area contributed by atoms with Gasteiger partial charge in [-0.05, 0) is 6.07 Å². The molecule has 0 fully saturated rings. The molecule has 0 spiro atoms. The van der Waals surface area contributed by atoms with E-state index in [1.165, 1.54) is 12.1 Å². The Morgan fingerprint density at radius 1 is 1.53 bits per heavy atom. The number of rotatable bonds is 5. The van der Waals surface area contributed by atoms with Gasteiger partial charge in [-0.15, -0.1) is 0 Å². The molecular weight excluding hydrogens is 309 g/mol. The van der Waals surface area contributed by atoms with Gasteiger partial charge in [-0.3, -0.25) is 10.1 Å². The lowest BCUT2D eigenvalue weighted by molar-refractivity contribution is -0.385. The third kappa shape index (κ3) is 3.85. The van der Waals surface area contributed by atoms with E-state index in [0.29, 0.717) is 6.61 Å². The summed E-state index contributed by atoms with van der Waals surface area (Å²) in [6, 6.07) is 4.48. The maximum Gasteiger partial charge on any atom is 0.312 e. The largest absolute Gasteiger partial charge is 0.485 e. The fourth-order valence-electron chi connectivity index (χ4n) is 1.09.